The van der Waals surface area contributed by atoms with Gasteiger partial charge in [0.2, 0.25) is 0 Å². The van der Waals surface area contributed by atoms with E-state index < -0.39 is 0 Å². The molecule has 2 aromatic heterocycles. The fourth-order valence-electron chi connectivity index (χ4n) is 7.88. The minimum Gasteiger partial charge on any atom is -0.340 e. The van der Waals surface area contributed by atoms with Crippen LogP contribution in [0.15, 0.2) is 83.9 Å². The van der Waals surface area contributed by atoms with Crippen LogP contribution in [0.25, 0.3) is 66.9 Å². The van der Waals surface area contributed by atoms with E-state index in [2.05, 4.69) is 83.6 Å². The van der Waals surface area contributed by atoms with Crippen LogP contribution in [0.3, 0.4) is 0 Å². The summed E-state index contributed by atoms with van der Waals surface area (Å²) in [5.41, 5.74) is 8.76. The molecular weight excluding hydrogens is 661 g/mol. The number of benzene rings is 4. The quantitative estimate of drug-likeness (QED) is 0.0694. The van der Waals surface area contributed by atoms with E-state index in [9.17, 15) is 21.0 Å². The lowest BCUT2D eigenvalue weighted by Crippen LogP contribution is -1.98. The molecule has 4 aromatic carbocycles. The first-order chi connectivity index (χ1) is 26.5. The van der Waals surface area contributed by atoms with Gasteiger partial charge in [0.1, 0.15) is 35.4 Å². The summed E-state index contributed by atoms with van der Waals surface area (Å²) in [6, 6.07) is 34.0. The minimum atomic E-state index is 0.0879. The van der Waals surface area contributed by atoms with Crippen molar-refractivity contribution < 1.29 is 0 Å². The predicted molar refractivity (Wildman–Crippen MR) is 223 cm³/mol. The van der Waals surface area contributed by atoms with Crippen LogP contribution >= 0.6 is 0 Å². The van der Waals surface area contributed by atoms with Crippen molar-refractivity contribution in [1.29, 1.82) is 21.0 Å². The Morgan fingerprint density at radius 1 is 0.444 bits per heavy atom. The molecule has 6 aromatic rings. The Morgan fingerprint density at radius 3 is 1.15 bits per heavy atom. The lowest BCUT2D eigenvalue weighted by atomic mass is 9.99. The molecule has 54 heavy (non-hydrogen) atoms. The van der Waals surface area contributed by atoms with Crippen molar-refractivity contribution in [1.82, 2.24) is 9.13 Å². The van der Waals surface area contributed by atoms with Gasteiger partial charge in [-0.2, -0.15) is 21.0 Å². The van der Waals surface area contributed by atoms with E-state index in [1.165, 1.54) is 75.2 Å². The topological polar surface area (TPSA) is 105 Å². The molecule has 0 spiro atoms. The number of aromatic nitrogens is 2. The molecule has 0 radical (unpaired) electrons. The van der Waals surface area contributed by atoms with E-state index >= 15 is 0 Å². The first-order valence-electron chi connectivity index (χ1n) is 19.7. The van der Waals surface area contributed by atoms with Crippen LogP contribution in [0, 0.1) is 45.3 Å². The molecule has 0 atom stereocenters. The molecule has 6 heteroatoms. The van der Waals surface area contributed by atoms with Crippen molar-refractivity contribution in [2.24, 2.45) is 0 Å². The zero-order chi connectivity index (χ0) is 37.9. The largest absolute Gasteiger partial charge is 0.340 e. The van der Waals surface area contributed by atoms with E-state index in [1.54, 1.807) is 12.2 Å². The summed E-state index contributed by atoms with van der Waals surface area (Å²) in [6.45, 7) is 6.36. The van der Waals surface area contributed by atoms with Crippen molar-refractivity contribution in [3.63, 3.8) is 0 Å². The second-order valence-corrected chi connectivity index (χ2v) is 14.4. The van der Waals surface area contributed by atoms with E-state index in [4.69, 9.17) is 0 Å². The number of nitrogens with zero attached hydrogens (tertiary/aromatic N) is 6. The maximum absolute atomic E-state index is 9.44. The van der Waals surface area contributed by atoms with Gasteiger partial charge in [-0.25, -0.2) is 0 Å². The zero-order valence-corrected chi connectivity index (χ0v) is 31.7. The molecule has 6 nitrogen and oxygen atoms in total. The van der Waals surface area contributed by atoms with Gasteiger partial charge < -0.3 is 9.13 Å². The third kappa shape index (κ3) is 8.26. The van der Waals surface area contributed by atoms with Crippen molar-refractivity contribution >= 4 is 55.8 Å². The highest BCUT2D eigenvalue weighted by Crippen LogP contribution is 2.37. The van der Waals surface area contributed by atoms with Gasteiger partial charge in [-0.05, 0) is 95.8 Å². The number of allylic oxidation sites excluding steroid dienone is 2. The Labute approximate surface area is 319 Å². The van der Waals surface area contributed by atoms with Gasteiger partial charge in [-0.1, -0.05) is 102 Å². The minimum absolute atomic E-state index is 0.0879. The summed E-state index contributed by atoms with van der Waals surface area (Å²) in [7, 11) is 0. The van der Waals surface area contributed by atoms with E-state index in [0.717, 1.165) is 80.8 Å². The molecule has 0 saturated carbocycles. The summed E-state index contributed by atoms with van der Waals surface area (Å²) in [5, 5.41) is 42.3. The van der Waals surface area contributed by atoms with E-state index in [0.29, 0.717) is 0 Å². The average molecular weight is 709 g/mol. The number of fused-ring (bicyclic) bond motifs is 6. The first kappa shape index (κ1) is 37.7. The fourth-order valence-corrected chi connectivity index (χ4v) is 7.88. The highest BCUT2D eigenvalue weighted by molar-refractivity contribution is 6.12. The molecule has 2 heterocycles. The standard InChI is InChI=1S/C48H48N6/c1-3-5-7-9-11-13-23-53-45-19-15-35(25-37(31-49)32-50)27-41(45)43-29-39(17-21-47(43)53)40-18-22-48-44(30-40)42-28-36(26-38(33-51)34-52)16-20-46(42)54(48)24-14-12-10-8-6-4-2/h15-22,25-30H,3-14,23-24H2,1-2H3. The smallest absolute Gasteiger partial charge is 0.130 e. The van der Waals surface area contributed by atoms with Crippen LogP contribution in [0.4, 0.5) is 0 Å². The lowest BCUT2D eigenvalue weighted by Gasteiger charge is -2.09. The Morgan fingerprint density at radius 2 is 0.778 bits per heavy atom. The van der Waals surface area contributed by atoms with Crippen LogP contribution in [-0.2, 0) is 13.1 Å². The number of aryl methyl sites for hydroxylation is 2. The molecule has 0 aliphatic carbocycles. The number of hydrogen-bond donors (Lipinski definition) is 0. The van der Waals surface area contributed by atoms with Gasteiger partial charge in [0.05, 0.1) is 0 Å². The molecule has 0 aliphatic heterocycles. The second kappa shape index (κ2) is 18.1. The molecule has 0 aliphatic rings. The molecule has 0 saturated heterocycles. The van der Waals surface area contributed by atoms with Crippen molar-refractivity contribution in [2.75, 3.05) is 0 Å². The van der Waals surface area contributed by atoms with Crippen molar-refractivity contribution in [2.45, 2.75) is 104 Å². The lowest BCUT2D eigenvalue weighted by molar-refractivity contribution is 0.571. The molecule has 0 fully saturated rings. The van der Waals surface area contributed by atoms with Gasteiger partial charge in [0.15, 0.2) is 0 Å². The number of nitriles is 4. The first-order valence-corrected chi connectivity index (χ1v) is 19.7. The van der Waals surface area contributed by atoms with Gasteiger partial charge in [0, 0.05) is 56.7 Å². The maximum atomic E-state index is 9.44. The summed E-state index contributed by atoms with van der Waals surface area (Å²) in [6.07, 6.45) is 18.1. The van der Waals surface area contributed by atoms with Crippen LogP contribution in [0.2, 0.25) is 0 Å². The van der Waals surface area contributed by atoms with Crippen molar-refractivity contribution in [3.05, 3.63) is 95.1 Å². The molecule has 0 N–H and O–H groups in total. The Hall–Kier alpha value is -6.08. The Balaban J connectivity index is 1.44. The van der Waals surface area contributed by atoms with E-state index in [1.807, 2.05) is 36.4 Å². The third-order valence-corrected chi connectivity index (χ3v) is 10.7. The monoisotopic (exact) mass is 708 g/mol. The zero-order valence-electron chi connectivity index (χ0n) is 31.7. The van der Waals surface area contributed by atoms with Gasteiger partial charge in [0.25, 0.3) is 0 Å². The highest BCUT2D eigenvalue weighted by Gasteiger charge is 2.16. The fraction of sp³-hybridized carbons (Fsp3) is 0.333. The summed E-state index contributed by atoms with van der Waals surface area (Å²) >= 11 is 0. The van der Waals surface area contributed by atoms with Crippen molar-refractivity contribution in [3.8, 4) is 35.4 Å². The molecule has 270 valence electrons. The average Bonchev–Trinajstić information content (AvgIpc) is 3.68. The third-order valence-electron chi connectivity index (χ3n) is 10.7. The van der Waals surface area contributed by atoms with Crippen LogP contribution in [0.1, 0.15) is 102 Å². The molecule has 0 unspecified atom stereocenters. The number of unbranched alkanes of at least 4 members (excludes halogenated alkanes) is 10. The van der Waals surface area contributed by atoms with Crippen LogP contribution in [0.5, 0.6) is 0 Å². The summed E-state index contributed by atoms with van der Waals surface area (Å²) in [5.74, 6) is 0. The predicted octanol–water partition coefficient (Wildman–Crippen LogP) is 13.2. The van der Waals surface area contributed by atoms with Gasteiger partial charge in [-0.3, -0.25) is 0 Å². The molecular formula is C48H48N6. The SMILES string of the molecule is CCCCCCCCn1c2ccc(C=C(C#N)C#N)cc2c2cc(-c3ccc4c(c3)c3cc(C=C(C#N)C#N)ccc3n4CCCCCCCC)ccc21. The summed E-state index contributed by atoms with van der Waals surface area (Å²) < 4.78 is 4.87. The highest BCUT2D eigenvalue weighted by atomic mass is 15.0. The Kier molecular flexibility index (Phi) is 12.6. The van der Waals surface area contributed by atoms with Gasteiger partial charge in [-0.15, -0.1) is 0 Å². The maximum Gasteiger partial charge on any atom is 0.130 e. The molecule has 0 bridgehead atoms. The number of hydrogen-bond acceptors (Lipinski definition) is 4. The van der Waals surface area contributed by atoms with Crippen LogP contribution < -0.4 is 0 Å². The summed E-state index contributed by atoms with van der Waals surface area (Å²) in [4.78, 5) is 0. The van der Waals surface area contributed by atoms with Crippen LogP contribution in [-0.4, -0.2) is 9.13 Å². The Bertz CT molecular complexity index is 2320. The number of rotatable bonds is 17. The van der Waals surface area contributed by atoms with E-state index in [-0.39, 0.29) is 11.1 Å². The normalized spacial score (nSPS) is 11.0. The van der Waals surface area contributed by atoms with Gasteiger partial charge >= 0.3 is 0 Å². The molecule has 0 amide bonds. The molecule has 6 rings (SSSR count). The second-order valence-electron chi connectivity index (χ2n) is 14.4.